The first-order valence-corrected chi connectivity index (χ1v) is 9.18. The lowest BCUT2D eigenvalue weighted by molar-refractivity contribution is -0.122. The third-order valence-corrected chi connectivity index (χ3v) is 5.28. The lowest BCUT2D eigenvalue weighted by atomic mass is 9.89. The summed E-state index contributed by atoms with van der Waals surface area (Å²) in [6.45, 7) is 3.29. The van der Waals surface area contributed by atoms with Crippen LogP contribution < -0.4 is 15.0 Å². The third-order valence-electron chi connectivity index (χ3n) is 5.28. The Labute approximate surface area is 148 Å². The van der Waals surface area contributed by atoms with Gasteiger partial charge in [-0.3, -0.25) is 4.79 Å². The first kappa shape index (κ1) is 17.9. The number of rotatable bonds is 5. The Morgan fingerprint density at radius 1 is 1.36 bits per heavy atom. The van der Waals surface area contributed by atoms with Crippen LogP contribution in [0.25, 0.3) is 0 Å². The van der Waals surface area contributed by atoms with Gasteiger partial charge < -0.3 is 20.1 Å². The standard InChI is InChI=1S/C18H28N4O3/c1-12-3-5-14(6-4-12)25-17-7-8-20-18(21-17)22-10-13(15(23)11-22)9-16(24)19-2/h7-8,12-15,23H,3-6,9-11H2,1-2H3,(H,19,24)/t12?,13-,14?,15-/m1/s1. The number of amides is 1. The second-order valence-corrected chi connectivity index (χ2v) is 7.30. The van der Waals surface area contributed by atoms with Crippen molar-refractivity contribution in [2.75, 3.05) is 25.0 Å². The van der Waals surface area contributed by atoms with Gasteiger partial charge >= 0.3 is 0 Å². The lowest BCUT2D eigenvalue weighted by Crippen LogP contribution is -2.27. The van der Waals surface area contributed by atoms with Gasteiger partial charge in [-0.1, -0.05) is 6.92 Å². The van der Waals surface area contributed by atoms with Gasteiger partial charge in [0.05, 0.1) is 6.10 Å². The Balaban J connectivity index is 1.60. The second kappa shape index (κ2) is 7.99. The predicted octanol–water partition coefficient (Wildman–Crippen LogP) is 1.37. The van der Waals surface area contributed by atoms with Crippen LogP contribution in [0.4, 0.5) is 5.95 Å². The quantitative estimate of drug-likeness (QED) is 0.836. The summed E-state index contributed by atoms with van der Waals surface area (Å²) in [5.74, 6) is 1.77. The number of β-amino-alcohol motifs (C(OH)–C–C–N with tert-alkyl or cyclic N) is 1. The monoisotopic (exact) mass is 348 g/mol. The Bertz CT molecular complexity index is 589. The number of carbonyl (C=O) groups is 1. The van der Waals surface area contributed by atoms with Gasteiger partial charge in [0.2, 0.25) is 17.7 Å². The molecule has 0 aromatic carbocycles. The summed E-state index contributed by atoms with van der Waals surface area (Å²) < 4.78 is 6.04. The highest BCUT2D eigenvalue weighted by Gasteiger charge is 2.34. The normalized spacial score (nSPS) is 29.5. The van der Waals surface area contributed by atoms with Crippen molar-refractivity contribution >= 4 is 11.9 Å². The molecule has 1 saturated carbocycles. The number of hydrogen-bond acceptors (Lipinski definition) is 6. The average Bonchev–Trinajstić information content (AvgIpc) is 2.98. The molecule has 7 heteroatoms. The molecule has 2 atom stereocenters. The van der Waals surface area contributed by atoms with Crippen molar-refractivity contribution in [3.63, 3.8) is 0 Å². The molecule has 2 N–H and O–H groups in total. The zero-order chi connectivity index (χ0) is 17.8. The highest BCUT2D eigenvalue weighted by Crippen LogP contribution is 2.28. The number of aliphatic hydroxyl groups is 1. The summed E-state index contributed by atoms with van der Waals surface area (Å²) in [7, 11) is 1.61. The zero-order valence-electron chi connectivity index (χ0n) is 15.0. The van der Waals surface area contributed by atoms with Gasteiger partial charge in [-0.05, 0) is 31.6 Å². The van der Waals surface area contributed by atoms with Crippen molar-refractivity contribution < 1.29 is 14.6 Å². The van der Waals surface area contributed by atoms with Crippen molar-refractivity contribution in [1.82, 2.24) is 15.3 Å². The van der Waals surface area contributed by atoms with E-state index in [2.05, 4.69) is 22.2 Å². The van der Waals surface area contributed by atoms with Crippen LogP contribution in [0.2, 0.25) is 0 Å². The molecule has 138 valence electrons. The maximum Gasteiger partial charge on any atom is 0.228 e. The number of nitrogens with zero attached hydrogens (tertiary/aromatic N) is 3. The maximum atomic E-state index is 11.6. The molecule has 0 radical (unpaired) electrons. The molecule has 1 amide bonds. The number of nitrogens with one attached hydrogen (secondary N) is 1. The molecule has 2 aliphatic rings. The number of aromatic nitrogens is 2. The predicted molar refractivity (Wildman–Crippen MR) is 94.5 cm³/mol. The van der Waals surface area contributed by atoms with E-state index in [1.165, 1.54) is 12.8 Å². The highest BCUT2D eigenvalue weighted by atomic mass is 16.5. The molecule has 25 heavy (non-hydrogen) atoms. The third kappa shape index (κ3) is 4.60. The highest BCUT2D eigenvalue weighted by molar-refractivity contribution is 5.76. The topological polar surface area (TPSA) is 87.6 Å². The minimum absolute atomic E-state index is 0.0598. The van der Waals surface area contributed by atoms with Crippen LogP contribution in [-0.4, -0.2) is 53.3 Å². The van der Waals surface area contributed by atoms with Gasteiger partial charge in [-0.2, -0.15) is 4.98 Å². The fourth-order valence-electron chi connectivity index (χ4n) is 3.63. The molecular weight excluding hydrogens is 320 g/mol. The van der Waals surface area contributed by atoms with Gasteiger partial charge in [0, 0.05) is 44.7 Å². The molecule has 2 heterocycles. The van der Waals surface area contributed by atoms with Gasteiger partial charge in [0.1, 0.15) is 6.10 Å². The smallest absolute Gasteiger partial charge is 0.228 e. The van der Waals surface area contributed by atoms with Crippen LogP contribution >= 0.6 is 0 Å². The fraction of sp³-hybridized carbons (Fsp3) is 0.722. The largest absolute Gasteiger partial charge is 0.474 e. The fourth-order valence-corrected chi connectivity index (χ4v) is 3.63. The Hall–Kier alpha value is -1.89. The minimum atomic E-state index is -0.551. The van der Waals surface area contributed by atoms with E-state index >= 15 is 0 Å². The Kier molecular flexibility index (Phi) is 5.73. The number of hydrogen-bond donors (Lipinski definition) is 2. The molecule has 7 nitrogen and oxygen atoms in total. The lowest BCUT2D eigenvalue weighted by Gasteiger charge is -2.26. The molecule has 0 bridgehead atoms. The van der Waals surface area contributed by atoms with E-state index < -0.39 is 6.10 Å². The maximum absolute atomic E-state index is 11.6. The van der Waals surface area contributed by atoms with Crippen molar-refractivity contribution in [2.24, 2.45) is 11.8 Å². The molecule has 1 aromatic rings. The molecule has 0 unspecified atom stereocenters. The summed E-state index contributed by atoms with van der Waals surface area (Å²) in [5, 5.41) is 12.8. The van der Waals surface area contributed by atoms with E-state index in [-0.39, 0.29) is 17.9 Å². The molecular formula is C18H28N4O3. The summed E-state index contributed by atoms with van der Waals surface area (Å²) in [4.78, 5) is 22.3. The summed E-state index contributed by atoms with van der Waals surface area (Å²) in [5.41, 5.74) is 0. The number of ether oxygens (including phenoxy) is 1. The SMILES string of the molecule is CNC(=O)C[C@@H]1CN(c2nccc(OC3CCC(C)CC3)n2)C[C@H]1O. The molecule has 3 rings (SSSR count). The summed E-state index contributed by atoms with van der Waals surface area (Å²) in [6.07, 6.45) is 6.21. The van der Waals surface area contributed by atoms with Crippen LogP contribution in [0.5, 0.6) is 5.88 Å². The first-order valence-electron chi connectivity index (χ1n) is 9.18. The van der Waals surface area contributed by atoms with E-state index in [0.717, 1.165) is 18.8 Å². The summed E-state index contributed by atoms with van der Waals surface area (Å²) >= 11 is 0. The molecule has 2 fully saturated rings. The molecule has 1 aliphatic carbocycles. The molecule has 0 spiro atoms. The van der Waals surface area contributed by atoms with Crippen molar-refractivity contribution in [1.29, 1.82) is 0 Å². The minimum Gasteiger partial charge on any atom is -0.474 e. The van der Waals surface area contributed by atoms with Gasteiger partial charge in [0.15, 0.2) is 0 Å². The van der Waals surface area contributed by atoms with Crippen LogP contribution in [0.3, 0.4) is 0 Å². The number of carbonyl (C=O) groups excluding carboxylic acids is 1. The van der Waals surface area contributed by atoms with E-state index in [0.29, 0.717) is 31.3 Å². The van der Waals surface area contributed by atoms with Crippen LogP contribution in [0, 0.1) is 11.8 Å². The van der Waals surface area contributed by atoms with Crippen molar-refractivity contribution in [3.8, 4) is 5.88 Å². The molecule has 1 aliphatic heterocycles. The van der Waals surface area contributed by atoms with E-state index in [1.54, 1.807) is 19.3 Å². The van der Waals surface area contributed by atoms with E-state index in [4.69, 9.17) is 4.74 Å². The van der Waals surface area contributed by atoms with Gasteiger partial charge in [-0.15, -0.1) is 0 Å². The van der Waals surface area contributed by atoms with Crippen LogP contribution in [0.15, 0.2) is 12.3 Å². The number of aliphatic hydroxyl groups excluding tert-OH is 1. The zero-order valence-corrected chi connectivity index (χ0v) is 15.0. The molecule has 1 aromatic heterocycles. The number of anilines is 1. The van der Waals surface area contributed by atoms with Crippen molar-refractivity contribution in [3.05, 3.63) is 12.3 Å². The van der Waals surface area contributed by atoms with E-state index in [9.17, 15) is 9.90 Å². The summed E-state index contributed by atoms with van der Waals surface area (Å²) in [6, 6.07) is 1.79. The second-order valence-electron chi connectivity index (χ2n) is 7.30. The van der Waals surface area contributed by atoms with Gasteiger partial charge in [-0.25, -0.2) is 4.98 Å². The van der Waals surface area contributed by atoms with Gasteiger partial charge in [0.25, 0.3) is 0 Å². The van der Waals surface area contributed by atoms with Crippen molar-refractivity contribution in [2.45, 2.75) is 51.2 Å². The Morgan fingerprint density at radius 3 is 2.84 bits per heavy atom. The average molecular weight is 348 g/mol. The first-order chi connectivity index (χ1) is 12.0. The van der Waals surface area contributed by atoms with Crippen LogP contribution in [-0.2, 0) is 4.79 Å². The molecule has 1 saturated heterocycles. The van der Waals surface area contributed by atoms with E-state index in [1.807, 2.05) is 4.90 Å². The Morgan fingerprint density at radius 2 is 2.12 bits per heavy atom. The van der Waals surface area contributed by atoms with Crippen LogP contribution in [0.1, 0.15) is 39.0 Å².